The number of anilines is 1. The summed E-state index contributed by atoms with van der Waals surface area (Å²) in [6, 6.07) is 6.38. The van der Waals surface area contributed by atoms with Crippen molar-refractivity contribution in [2.24, 2.45) is 11.3 Å². The van der Waals surface area contributed by atoms with Gasteiger partial charge in [0.25, 0.3) is 5.56 Å². The van der Waals surface area contributed by atoms with Crippen molar-refractivity contribution in [1.29, 1.82) is 0 Å². The first-order chi connectivity index (χ1) is 14.8. The predicted octanol–water partition coefficient (Wildman–Crippen LogP) is 2.11. The van der Waals surface area contributed by atoms with Crippen LogP contribution in [-0.4, -0.2) is 39.6 Å². The number of benzene rings is 1. The lowest BCUT2D eigenvalue weighted by Gasteiger charge is -2.15. The van der Waals surface area contributed by atoms with E-state index in [0.29, 0.717) is 34.3 Å². The Morgan fingerprint density at radius 3 is 2.65 bits per heavy atom. The Morgan fingerprint density at radius 1 is 1.29 bits per heavy atom. The zero-order valence-electron chi connectivity index (χ0n) is 17.3. The number of nitrogens with zero attached hydrogens (tertiary/aromatic N) is 2. The number of carbonyl (C=O) groups is 2. The molecule has 2 aliphatic rings. The van der Waals surface area contributed by atoms with Crippen LogP contribution in [0.3, 0.4) is 0 Å². The largest absolute Gasteiger partial charge is 0.396 e. The summed E-state index contributed by atoms with van der Waals surface area (Å²) in [5, 5.41) is 15.5. The van der Waals surface area contributed by atoms with Crippen molar-refractivity contribution in [3.05, 3.63) is 45.5 Å². The number of carbonyl (C=O) groups excluding carboxylic acids is 2. The van der Waals surface area contributed by atoms with Crippen LogP contribution in [0.1, 0.15) is 31.5 Å². The molecule has 0 saturated heterocycles. The van der Waals surface area contributed by atoms with Gasteiger partial charge in [0.05, 0.1) is 18.0 Å². The molecular weight excluding hydrogens is 420 g/mol. The van der Waals surface area contributed by atoms with E-state index in [4.69, 9.17) is 11.6 Å². The van der Waals surface area contributed by atoms with Crippen molar-refractivity contribution in [1.82, 2.24) is 14.9 Å². The van der Waals surface area contributed by atoms with Crippen LogP contribution in [0.4, 0.5) is 5.69 Å². The van der Waals surface area contributed by atoms with Crippen molar-refractivity contribution in [3.63, 3.8) is 0 Å². The van der Waals surface area contributed by atoms with E-state index >= 15 is 0 Å². The van der Waals surface area contributed by atoms with E-state index in [1.165, 1.54) is 10.6 Å². The van der Waals surface area contributed by atoms with E-state index in [-0.39, 0.29) is 41.9 Å². The summed E-state index contributed by atoms with van der Waals surface area (Å²) in [5.41, 5.74) is 0.932. The number of nitrogens with one attached hydrogen (secondary N) is 2. The summed E-state index contributed by atoms with van der Waals surface area (Å²) in [7, 11) is 0. The van der Waals surface area contributed by atoms with Crippen LogP contribution in [-0.2, 0) is 16.1 Å². The number of aromatic nitrogens is 2. The third-order valence-corrected chi connectivity index (χ3v) is 6.15. The van der Waals surface area contributed by atoms with Gasteiger partial charge in [-0.25, -0.2) is 4.98 Å². The monoisotopic (exact) mass is 444 g/mol. The fourth-order valence-corrected chi connectivity index (χ4v) is 3.60. The zero-order chi connectivity index (χ0) is 22.2. The van der Waals surface area contributed by atoms with Crippen LogP contribution in [0.25, 0.3) is 11.3 Å². The number of halogens is 1. The molecule has 0 bridgehead atoms. The van der Waals surface area contributed by atoms with Crippen LogP contribution in [0, 0.1) is 18.3 Å². The van der Waals surface area contributed by atoms with Gasteiger partial charge in [-0.2, -0.15) is 0 Å². The minimum absolute atomic E-state index is 0.0219. The van der Waals surface area contributed by atoms with Crippen molar-refractivity contribution < 1.29 is 14.7 Å². The van der Waals surface area contributed by atoms with Crippen molar-refractivity contribution in [3.8, 4) is 11.3 Å². The second-order valence-electron chi connectivity index (χ2n) is 8.50. The van der Waals surface area contributed by atoms with Gasteiger partial charge in [-0.15, -0.1) is 0 Å². The average molecular weight is 445 g/mol. The summed E-state index contributed by atoms with van der Waals surface area (Å²) in [4.78, 5) is 41.8. The number of aliphatic hydroxyl groups is 1. The fraction of sp³-hybridized carbons (Fsp3) is 0.455. The Hall–Kier alpha value is -2.71. The molecule has 2 saturated carbocycles. The van der Waals surface area contributed by atoms with E-state index in [9.17, 15) is 19.5 Å². The lowest BCUT2D eigenvalue weighted by atomic mass is 10.1. The molecule has 0 atom stereocenters. The predicted molar refractivity (Wildman–Crippen MR) is 117 cm³/mol. The molecule has 0 radical (unpaired) electrons. The minimum Gasteiger partial charge on any atom is -0.396 e. The van der Waals surface area contributed by atoms with Crippen molar-refractivity contribution in [2.45, 2.75) is 39.2 Å². The van der Waals surface area contributed by atoms with Crippen LogP contribution in [0.2, 0.25) is 5.02 Å². The maximum atomic E-state index is 12.7. The highest BCUT2D eigenvalue weighted by molar-refractivity contribution is 6.31. The maximum Gasteiger partial charge on any atom is 0.254 e. The van der Waals surface area contributed by atoms with Gasteiger partial charge < -0.3 is 15.7 Å². The van der Waals surface area contributed by atoms with Gasteiger partial charge >= 0.3 is 0 Å². The highest BCUT2D eigenvalue weighted by Gasteiger charge is 2.42. The third-order valence-electron chi connectivity index (χ3n) is 5.92. The topological polar surface area (TPSA) is 113 Å². The number of hydrogen-bond acceptors (Lipinski definition) is 5. The molecule has 31 heavy (non-hydrogen) atoms. The maximum absolute atomic E-state index is 12.7. The Bertz CT molecular complexity index is 1090. The van der Waals surface area contributed by atoms with E-state index in [2.05, 4.69) is 15.6 Å². The molecular formula is C22H25ClN4O4. The SMILES string of the molecule is Cc1nc(-c2ccc(Cl)cc2NC(=O)C2CC2)cc(=O)n1CC(=O)NCC1(CO)CC1. The second-order valence-corrected chi connectivity index (χ2v) is 8.94. The first-order valence-corrected chi connectivity index (χ1v) is 10.7. The first-order valence-electron chi connectivity index (χ1n) is 10.4. The standard InChI is InChI=1S/C22H25ClN4O4/c1-13-25-18(16-5-4-15(23)8-17(16)26-21(31)14-2-3-14)9-20(30)27(13)10-19(29)24-11-22(12-28)6-7-22/h4-5,8-9,14,28H,2-3,6-7,10-12H2,1H3,(H,24,29)(H,26,31). The Kier molecular flexibility index (Phi) is 5.85. The Morgan fingerprint density at radius 2 is 2.03 bits per heavy atom. The molecule has 164 valence electrons. The molecule has 2 aliphatic carbocycles. The zero-order valence-corrected chi connectivity index (χ0v) is 18.0. The van der Waals surface area contributed by atoms with Gasteiger partial charge in [0, 0.05) is 34.5 Å². The summed E-state index contributed by atoms with van der Waals surface area (Å²) in [5.74, 6) is 0.0360. The smallest absolute Gasteiger partial charge is 0.254 e. The lowest BCUT2D eigenvalue weighted by Crippen LogP contribution is -2.37. The van der Waals surface area contributed by atoms with E-state index in [0.717, 1.165) is 25.7 Å². The molecule has 0 aliphatic heterocycles. The molecule has 8 nitrogen and oxygen atoms in total. The quantitative estimate of drug-likeness (QED) is 0.577. The van der Waals surface area contributed by atoms with Crippen molar-refractivity contribution in [2.75, 3.05) is 18.5 Å². The van der Waals surface area contributed by atoms with Gasteiger partial charge in [0.15, 0.2) is 0 Å². The number of hydrogen-bond donors (Lipinski definition) is 3. The van der Waals surface area contributed by atoms with Crippen LogP contribution >= 0.6 is 11.6 Å². The normalized spacial score (nSPS) is 16.6. The highest BCUT2D eigenvalue weighted by Crippen LogP contribution is 2.44. The Balaban J connectivity index is 1.54. The summed E-state index contributed by atoms with van der Waals surface area (Å²) in [6.45, 7) is 1.96. The molecule has 2 aromatic rings. The van der Waals surface area contributed by atoms with Crippen molar-refractivity contribution >= 4 is 29.1 Å². The number of amides is 2. The van der Waals surface area contributed by atoms with E-state index < -0.39 is 0 Å². The van der Waals surface area contributed by atoms with Crippen LogP contribution < -0.4 is 16.2 Å². The van der Waals surface area contributed by atoms with E-state index in [1.54, 1.807) is 25.1 Å². The minimum atomic E-state index is -0.365. The molecule has 4 rings (SSSR count). The van der Waals surface area contributed by atoms with Gasteiger partial charge in [-0.05, 0) is 50.8 Å². The first kappa shape index (κ1) is 21.5. The molecule has 3 N–H and O–H groups in total. The molecule has 0 spiro atoms. The molecule has 1 aromatic carbocycles. The number of rotatable bonds is 8. The molecule has 0 unspecified atom stereocenters. The van der Waals surface area contributed by atoms with Gasteiger partial charge in [-0.3, -0.25) is 19.0 Å². The summed E-state index contributed by atoms with van der Waals surface area (Å²) < 4.78 is 1.30. The molecule has 1 heterocycles. The molecule has 2 fully saturated rings. The number of aryl methyl sites for hydroxylation is 1. The van der Waals surface area contributed by atoms with Crippen LogP contribution in [0.5, 0.6) is 0 Å². The van der Waals surface area contributed by atoms with Gasteiger partial charge in [-0.1, -0.05) is 11.6 Å². The Labute approximate surface area is 184 Å². The average Bonchev–Trinajstić information content (AvgIpc) is 3.63. The molecule has 9 heteroatoms. The third kappa shape index (κ3) is 4.97. The van der Waals surface area contributed by atoms with Gasteiger partial charge in [0.2, 0.25) is 11.8 Å². The highest BCUT2D eigenvalue weighted by atomic mass is 35.5. The summed E-state index contributed by atoms with van der Waals surface area (Å²) >= 11 is 6.11. The fourth-order valence-electron chi connectivity index (χ4n) is 3.43. The molecule has 1 aromatic heterocycles. The summed E-state index contributed by atoms with van der Waals surface area (Å²) in [6.07, 6.45) is 3.52. The lowest BCUT2D eigenvalue weighted by molar-refractivity contribution is -0.122. The second kappa shape index (κ2) is 8.43. The number of aliphatic hydroxyl groups excluding tert-OH is 1. The van der Waals surface area contributed by atoms with E-state index in [1.807, 2.05) is 0 Å². The van der Waals surface area contributed by atoms with Crippen LogP contribution in [0.15, 0.2) is 29.1 Å². The molecule has 2 amide bonds. The van der Waals surface area contributed by atoms with Gasteiger partial charge in [0.1, 0.15) is 12.4 Å².